The molecule has 9 heteroatoms. The van der Waals surface area contributed by atoms with Gasteiger partial charge in [-0.2, -0.15) is 0 Å². The van der Waals surface area contributed by atoms with E-state index in [0.29, 0.717) is 52.7 Å². The lowest BCUT2D eigenvalue weighted by Crippen LogP contribution is -2.47. The molecule has 4 rings (SSSR count). The Bertz CT molecular complexity index is 1340. The van der Waals surface area contributed by atoms with Crippen molar-refractivity contribution in [1.29, 1.82) is 0 Å². The van der Waals surface area contributed by atoms with E-state index in [9.17, 15) is 14.0 Å². The highest BCUT2D eigenvalue weighted by molar-refractivity contribution is 6.33. The fraction of sp³-hybridized carbons (Fsp3) is 0.357. The summed E-state index contributed by atoms with van der Waals surface area (Å²) in [5.74, 6) is 0.497. The summed E-state index contributed by atoms with van der Waals surface area (Å²) < 4.78 is 13.8. The van der Waals surface area contributed by atoms with Crippen LogP contribution in [-0.2, 0) is 9.59 Å². The van der Waals surface area contributed by atoms with Gasteiger partial charge in [0.25, 0.3) is 5.91 Å². The SMILES string of the molecule is C\C(=C/C(C)=C(C)/C=C1\C(=O)N(C)c2ncnc(Nc3ccc(F)c(C)c3)c21)C(=O)N1CCN(C)CC1. The van der Waals surface area contributed by atoms with Crippen LogP contribution in [-0.4, -0.2) is 71.9 Å². The molecule has 3 heterocycles. The molecule has 194 valence electrons. The van der Waals surface area contributed by atoms with Crippen LogP contribution in [0.15, 0.2) is 53.4 Å². The maximum absolute atomic E-state index is 13.8. The van der Waals surface area contributed by atoms with Gasteiger partial charge < -0.3 is 15.1 Å². The highest BCUT2D eigenvalue weighted by Crippen LogP contribution is 2.39. The van der Waals surface area contributed by atoms with Crippen LogP contribution in [0.5, 0.6) is 0 Å². The molecule has 0 saturated carbocycles. The summed E-state index contributed by atoms with van der Waals surface area (Å²) in [6, 6.07) is 4.70. The third kappa shape index (κ3) is 5.46. The van der Waals surface area contributed by atoms with Crippen molar-refractivity contribution in [3.05, 3.63) is 70.3 Å². The van der Waals surface area contributed by atoms with Crippen molar-refractivity contribution in [1.82, 2.24) is 19.8 Å². The lowest BCUT2D eigenvalue weighted by Gasteiger charge is -2.32. The van der Waals surface area contributed by atoms with Crippen LogP contribution < -0.4 is 10.2 Å². The number of benzene rings is 1. The monoisotopic (exact) mass is 504 g/mol. The number of aromatic nitrogens is 2. The van der Waals surface area contributed by atoms with Crippen LogP contribution in [0, 0.1) is 12.7 Å². The van der Waals surface area contributed by atoms with Gasteiger partial charge in [-0.1, -0.05) is 6.08 Å². The van der Waals surface area contributed by atoms with E-state index in [1.165, 1.54) is 17.3 Å². The van der Waals surface area contributed by atoms with Crippen LogP contribution in [0.3, 0.4) is 0 Å². The van der Waals surface area contributed by atoms with Crippen LogP contribution in [0.2, 0.25) is 0 Å². The molecule has 2 aliphatic heterocycles. The Morgan fingerprint density at radius 1 is 1.05 bits per heavy atom. The van der Waals surface area contributed by atoms with Crippen molar-refractivity contribution in [3.63, 3.8) is 0 Å². The van der Waals surface area contributed by atoms with E-state index in [4.69, 9.17) is 0 Å². The number of carbonyl (C=O) groups is 2. The molecule has 0 spiro atoms. The summed E-state index contributed by atoms with van der Waals surface area (Å²) in [6.07, 6.45) is 5.09. The first-order valence-corrected chi connectivity index (χ1v) is 12.3. The maximum atomic E-state index is 13.8. The second-order valence-corrected chi connectivity index (χ2v) is 9.72. The number of halogens is 1. The van der Waals surface area contributed by atoms with E-state index in [0.717, 1.165) is 24.2 Å². The third-order valence-corrected chi connectivity index (χ3v) is 6.91. The van der Waals surface area contributed by atoms with Crippen molar-refractivity contribution in [3.8, 4) is 0 Å². The first-order valence-electron chi connectivity index (χ1n) is 12.3. The fourth-order valence-corrected chi connectivity index (χ4v) is 4.44. The lowest BCUT2D eigenvalue weighted by molar-refractivity contribution is -0.128. The lowest BCUT2D eigenvalue weighted by atomic mass is 10.0. The van der Waals surface area contributed by atoms with Crippen molar-refractivity contribution in [2.45, 2.75) is 27.7 Å². The number of nitrogens with zero attached hydrogens (tertiary/aromatic N) is 5. The predicted molar refractivity (Wildman–Crippen MR) is 144 cm³/mol. The number of aryl methyl sites for hydroxylation is 1. The van der Waals surface area contributed by atoms with Gasteiger partial charge in [0.1, 0.15) is 23.8 Å². The van der Waals surface area contributed by atoms with Gasteiger partial charge in [0.05, 0.1) is 11.1 Å². The molecule has 1 saturated heterocycles. The molecule has 0 aliphatic carbocycles. The van der Waals surface area contributed by atoms with Crippen LogP contribution in [0.1, 0.15) is 31.9 Å². The number of allylic oxidation sites excluding steroid dienone is 4. The average molecular weight is 505 g/mol. The predicted octanol–water partition coefficient (Wildman–Crippen LogP) is 4.08. The second kappa shape index (κ2) is 10.6. The normalized spacial score (nSPS) is 18.3. The quantitative estimate of drug-likeness (QED) is 0.488. The minimum absolute atomic E-state index is 0.0319. The fourth-order valence-electron chi connectivity index (χ4n) is 4.44. The summed E-state index contributed by atoms with van der Waals surface area (Å²) in [6.45, 7) is 10.5. The number of nitrogens with one attached hydrogen (secondary N) is 1. The highest BCUT2D eigenvalue weighted by atomic mass is 19.1. The first kappa shape index (κ1) is 26.2. The molecular formula is C28H33FN6O2. The minimum Gasteiger partial charge on any atom is -0.340 e. The minimum atomic E-state index is -0.292. The van der Waals surface area contributed by atoms with Crippen LogP contribution >= 0.6 is 0 Å². The Labute approximate surface area is 217 Å². The van der Waals surface area contributed by atoms with Crippen molar-refractivity contribution >= 4 is 34.7 Å². The van der Waals surface area contributed by atoms with E-state index < -0.39 is 0 Å². The van der Waals surface area contributed by atoms with E-state index >= 15 is 0 Å². The van der Waals surface area contributed by atoms with Gasteiger partial charge in [0.15, 0.2) is 0 Å². The summed E-state index contributed by atoms with van der Waals surface area (Å²) in [5.41, 5.74) is 4.59. The topological polar surface area (TPSA) is 81.7 Å². The molecule has 2 aliphatic rings. The van der Waals surface area contributed by atoms with E-state index in [1.54, 1.807) is 26.1 Å². The molecule has 1 aromatic heterocycles. The first-order chi connectivity index (χ1) is 17.6. The molecule has 0 bridgehead atoms. The second-order valence-electron chi connectivity index (χ2n) is 9.72. The molecule has 2 aromatic rings. The Morgan fingerprint density at radius 3 is 2.43 bits per heavy atom. The Hall–Kier alpha value is -3.85. The summed E-state index contributed by atoms with van der Waals surface area (Å²) in [7, 11) is 3.73. The number of piperazine rings is 1. The Balaban J connectivity index is 1.66. The molecule has 0 radical (unpaired) electrons. The number of amides is 2. The number of fused-ring (bicyclic) bond motifs is 1. The number of anilines is 3. The standard InChI is InChI=1S/C28H33FN6O2/c1-17(13-20(4)27(36)35-11-9-33(5)10-12-35)18(2)15-22-24-25(30-16-31-26(24)34(6)28(22)37)32-21-7-8-23(29)19(3)14-21/h7-8,13-16H,9-12H2,1-6H3,(H,30,31,32)/b18-17+,20-13+,22-15-. The summed E-state index contributed by atoms with van der Waals surface area (Å²) in [4.78, 5) is 40.4. The van der Waals surface area contributed by atoms with E-state index in [2.05, 4.69) is 27.2 Å². The summed E-state index contributed by atoms with van der Waals surface area (Å²) >= 11 is 0. The highest BCUT2D eigenvalue weighted by Gasteiger charge is 2.34. The van der Waals surface area contributed by atoms with E-state index in [-0.39, 0.29) is 17.6 Å². The van der Waals surface area contributed by atoms with Crippen molar-refractivity contribution < 1.29 is 14.0 Å². The van der Waals surface area contributed by atoms with Gasteiger partial charge >= 0.3 is 0 Å². The molecule has 2 amide bonds. The summed E-state index contributed by atoms with van der Waals surface area (Å²) in [5, 5.41) is 3.21. The molecule has 1 fully saturated rings. The largest absolute Gasteiger partial charge is 0.340 e. The molecular weight excluding hydrogens is 471 g/mol. The number of carbonyl (C=O) groups excluding carboxylic acids is 2. The zero-order valence-corrected chi connectivity index (χ0v) is 22.2. The third-order valence-electron chi connectivity index (χ3n) is 6.91. The number of hydrogen-bond acceptors (Lipinski definition) is 6. The van der Waals surface area contributed by atoms with Gasteiger partial charge in [0, 0.05) is 44.5 Å². The van der Waals surface area contributed by atoms with Gasteiger partial charge in [-0.05, 0) is 75.7 Å². The van der Waals surface area contributed by atoms with Crippen molar-refractivity contribution in [2.75, 3.05) is 50.5 Å². The van der Waals surface area contributed by atoms with Crippen LogP contribution in [0.4, 0.5) is 21.7 Å². The van der Waals surface area contributed by atoms with Crippen molar-refractivity contribution in [2.24, 2.45) is 0 Å². The number of likely N-dealkylation sites (N-methyl/N-ethyl adjacent to an activating group) is 2. The Kier molecular flexibility index (Phi) is 7.54. The molecule has 8 nitrogen and oxygen atoms in total. The smallest absolute Gasteiger partial charge is 0.260 e. The number of rotatable bonds is 5. The maximum Gasteiger partial charge on any atom is 0.260 e. The van der Waals surface area contributed by atoms with Gasteiger partial charge in [-0.15, -0.1) is 0 Å². The molecule has 1 aromatic carbocycles. The number of hydrogen-bond donors (Lipinski definition) is 1. The molecule has 0 unspecified atom stereocenters. The molecule has 1 N–H and O–H groups in total. The molecule has 37 heavy (non-hydrogen) atoms. The van der Waals surface area contributed by atoms with Crippen LogP contribution in [0.25, 0.3) is 5.57 Å². The van der Waals surface area contributed by atoms with Gasteiger partial charge in [-0.25, -0.2) is 14.4 Å². The molecule has 0 atom stereocenters. The van der Waals surface area contributed by atoms with E-state index in [1.807, 2.05) is 37.8 Å². The Morgan fingerprint density at radius 2 is 1.76 bits per heavy atom. The van der Waals surface area contributed by atoms with Gasteiger partial charge in [-0.3, -0.25) is 14.5 Å². The zero-order valence-electron chi connectivity index (χ0n) is 22.2. The van der Waals surface area contributed by atoms with Gasteiger partial charge in [0.2, 0.25) is 5.91 Å². The zero-order chi connectivity index (χ0) is 26.9. The average Bonchev–Trinajstić information content (AvgIpc) is 3.11.